The third-order valence-corrected chi connectivity index (χ3v) is 10.4. The normalized spacial score (nSPS) is 18.0. The third-order valence-electron chi connectivity index (χ3n) is 8.19. The van der Waals surface area contributed by atoms with Crippen LogP contribution in [0.25, 0.3) is 22.2 Å². The maximum absolute atomic E-state index is 13.4. The summed E-state index contributed by atoms with van der Waals surface area (Å²) in [7, 11) is 4.70. The van der Waals surface area contributed by atoms with E-state index < -0.39 is 31.6 Å². The number of rotatable bonds is 9. The van der Waals surface area contributed by atoms with E-state index in [1.807, 2.05) is 54.0 Å². The molecule has 0 saturated heterocycles. The molecule has 1 aromatic heterocycles. The van der Waals surface area contributed by atoms with Gasteiger partial charge in [-0.1, -0.05) is 49.4 Å². The highest BCUT2D eigenvalue weighted by atomic mass is 31.2. The third kappa shape index (κ3) is 5.54. The van der Waals surface area contributed by atoms with Crippen LogP contribution >= 0.6 is 7.14 Å². The second-order valence-electron chi connectivity index (χ2n) is 11.1. The van der Waals surface area contributed by atoms with E-state index in [2.05, 4.69) is 0 Å². The Balaban J connectivity index is 1.68. The molecule has 2 N–H and O–H groups in total. The lowest BCUT2D eigenvalue weighted by molar-refractivity contribution is -0.202. The zero-order valence-corrected chi connectivity index (χ0v) is 24.5. The van der Waals surface area contributed by atoms with Crippen LogP contribution in [0.3, 0.4) is 0 Å². The number of carbonyl (C=O) groups excluding carboxylic acids is 1. The molecule has 0 fully saturated rings. The summed E-state index contributed by atoms with van der Waals surface area (Å²) in [6, 6.07) is 16.3. The van der Waals surface area contributed by atoms with Crippen LogP contribution in [0.1, 0.15) is 58.4 Å². The van der Waals surface area contributed by atoms with Crippen LogP contribution in [0.15, 0.2) is 60.7 Å². The Kier molecular flexibility index (Phi) is 7.91. The van der Waals surface area contributed by atoms with Crippen molar-refractivity contribution in [3.8, 4) is 16.9 Å². The van der Waals surface area contributed by atoms with E-state index in [-0.39, 0.29) is 29.0 Å². The molecular weight excluding hydrogens is 562 g/mol. The number of benzene rings is 3. The average Bonchev–Trinajstić information content (AvgIpc) is 3.48. The Morgan fingerprint density at radius 2 is 1.81 bits per heavy atom. The van der Waals surface area contributed by atoms with Crippen molar-refractivity contribution in [2.75, 3.05) is 20.4 Å². The first-order chi connectivity index (χ1) is 19.7. The van der Waals surface area contributed by atoms with Crippen molar-refractivity contribution >= 4 is 32.3 Å². The van der Waals surface area contributed by atoms with Gasteiger partial charge in [0.05, 0.1) is 30.3 Å². The molecule has 0 bridgehead atoms. The van der Waals surface area contributed by atoms with Crippen LogP contribution < -0.4 is 4.74 Å². The van der Waals surface area contributed by atoms with Gasteiger partial charge in [-0.25, -0.2) is 4.98 Å². The lowest BCUT2D eigenvalue weighted by Gasteiger charge is -2.33. The van der Waals surface area contributed by atoms with E-state index in [9.17, 15) is 28.4 Å². The van der Waals surface area contributed by atoms with E-state index in [0.717, 1.165) is 21.6 Å². The molecule has 0 spiro atoms. The standard InChI is InChI=1S/C30H31BF2N3O5P/c1-17(42(3,4)40)18-8-10-19(11-9-18)20-12-13-22-23(14-20)36-24(15-25(28(36)34-22)35(2)30(31,38)39)27-21(16-37)6-5-7-26(27)41-29(32)33/h5-14,16-17,24-25,29,38-39H,15H2,1-4H3. The highest BCUT2D eigenvalue weighted by Crippen LogP contribution is 2.52. The summed E-state index contributed by atoms with van der Waals surface area (Å²) in [5.41, 5.74) is 4.25. The van der Waals surface area contributed by atoms with Crippen molar-refractivity contribution in [1.29, 1.82) is 0 Å². The van der Waals surface area contributed by atoms with Crippen molar-refractivity contribution in [3.63, 3.8) is 0 Å². The van der Waals surface area contributed by atoms with Gasteiger partial charge in [-0.15, -0.1) is 0 Å². The number of fused-ring (bicyclic) bond motifs is 3. The minimum atomic E-state index is -3.12. The number of nitrogens with zero attached hydrogens (tertiary/aromatic N) is 3. The van der Waals surface area contributed by atoms with Crippen molar-refractivity contribution in [1.82, 2.24) is 14.5 Å². The highest BCUT2D eigenvalue weighted by Gasteiger charge is 2.43. The molecule has 0 saturated carbocycles. The SMILES string of the molecule is [B]C(O)(O)N(C)C1CC(c2c(C=O)cccc2OC(F)F)n2c1nc1ccc(-c3ccc(C(C)P(C)(C)=O)cc3)cc12. The number of aliphatic hydroxyl groups is 2. The first kappa shape index (κ1) is 30.1. The molecule has 0 amide bonds. The fourth-order valence-electron chi connectivity index (χ4n) is 5.62. The smallest absolute Gasteiger partial charge is 0.387 e. The molecule has 3 atom stereocenters. The van der Waals surface area contributed by atoms with Crippen LogP contribution in [0.5, 0.6) is 5.75 Å². The van der Waals surface area contributed by atoms with Crippen LogP contribution in [0, 0.1) is 0 Å². The van der Waals surface area contributed by atoms with Gasteiger partial charge in [-0.3, -0.25) is 9.69 Å². The van der Waals surface area contributed by atoms with Gasteiger partial charge in [0, 0.05) is 16.8 Å². The Labute approximate surface area is 243 Å². The molecule has 2 radical (unpaired) electrons. The summed E-state index contributed by atoms with van der Waals surface area (Å²) in [5.74, 6) is -2.44. The van der Waals surface area contributed by atoms with Crippen LogP contribution in [0.2, 0.25) is 0 Å². The van der Waals surface area contributed by atoms with E-state index in [4.69, 9.17) is 17.6 Å². The Bertz CT molecular complexity index is 1680. The van der Waals surface area contributed by atoms with Crippen LogP contribution in [0.4, 0.5) is 8.78 Å². The number of aldehydes is 1. The molecular formula is C30H31BF2N3O5P. The van der Waals surface area contributed by atoms with Gasteiger partial charge in [-0.2, -0.15) is 8.78 Å². The summed E-state index contributed by atoms with van der Waals surface area (Å²) in [5, 5.41) is 20.4. The first-order valence-electron chi connectivity index (χ1n) is 13.4. The minimum Gasteiger partial charge on any atom is -0.434 e. The van der Waals surface area contributed by atoms with Crippen molar-refractivity contribution < 1.29 is 33.1 Å². The van der Waals surface area contributed by atoms with Gasteiger partial charge in [-0.05, 0) is 61.7 Å². The average molecular weight is 593 g/mol. The largest absolute Gasteiger partial charge is 0.434 e. The van der Waals surface area contributed by atoms with Gasteiger partial charge in [0.2, 0.25) is 0 Å². The fourth-order valence-corrected chi connectivity index (χ4v) is 6.51. The predicted molar refractivity (Wildman–Crippen MR) is 158 cm³/mol. The van der Waals surface area contributed by atoms with Crippen LogP contribution in [-0.4, -0.2) is 71.6 Å². The zero-order valence-electron chi connectivity index (χ0n) is 23.6. The highest BCUT2D eigenvalue weighted by molar-refractivity contribution is 7.62. The van der Waals surface area contributed by atoms with E-state index in [1.54, 1.807) is 13.3 Å². The molecule has 1 aliphatic heterocycles. The summed E-state index contributed by atoms with van der Waals surface area (Å²) >= 11 is 0. The van der Waals surface area contributed by atoms with Gasteiger partial charge >= 0.3 is 6.61 Å². The maximum atomic E-state index is 13.4. The molecule has 5 rings (SSSR count). The fraction of sp³-hybridized carbons (Fsp3) is 0.333. The summed E-state index contributed by atoms with van der Waals surface area (Å²) in [6.45, 7) is 2.36. The number of hydrogen-bond donors (Lipinski definition) is 2. The molecule has 42 heavy (non-hydrogen) atoms. The van der Waals surface area contributed by atoms with E-state index in [0.29, 0.717) is 23.1 Å². The number of alkyl halides is 2. The van der Waals surface area contributed by atoms with E-state index in [1.165, 1.54) is 25.2 Å². The zero-order chi connectivity index (χ0) is 30.6. The monoisotopic (exact) mass is 593 g/mol. The molecule has 2 heterocycles. The molecule has 4 aromatic rings. The quantitative estimate of drug-likeness (QED) is 0.114. The molecule has 1 aliphatic rings. The first-order valence-corrected chi connectivity index (χ1v) is 16.0. The van der Waals surface area contributed by atoms with Gasteiger partial charge in [0.15, 0.2) is 19.9 Å². The Morgan fingerprint density at radius 1 is 1.14 bits per heavy atom. The number of hydrogen-bond acceptors (Lipinski definition) is 7. The van der Waals surface area contributed by atoms with Crippen LogP contribution in [-0.2, 0) is 4.57 Å². The number of halogens is 2. The van der Waals surface area contributed by atoms with E-state index >= 15 is 0 Å². The Morgan fingerprint density at radius 3 is 2.40 bits per heavy atom. The number of imidazole rings is 1. The number of carbonyl (C=O) groups is 1. The maximum Gasteiger partial charge on any atom is 0.387 e. The van der Waals surface area contributed by atoms with Gasteiger partial charge < -0.3 is 24.1 Å². The number of aromatic nitrogens is 2. The lowest BCUT2D eigenvalue weighted by Crippen LogP contribution is -2.48. The molecule has 8 nitrogen and oxygen atoms in total. The van der Waals surface area contributed by atoms with Gasteiger partial charge in [0.1, 0.15) is 11.6 Å². The molecule has 12 heteroatoms. The molecule has 0 aliphatic carbocycles. The predicted octanol–water partition coefficient (Wildman–Crippen LogP) is 5.53. The second kappa shape index (κ2) is 11.0. The Hall–Kier alpha value is -3.37. The van der Waals surface area contributed by atoms with Crippen molar-refractivity contribution in [2.24, 2.45) is 0 Å². The lowest BCUT2D eigenvalue weighted by atomic mass is 9.94. The minimum absolute atomic E-state index is 0.0861. The summed E-state index contributed by atoms with van der Waals surface area (Å²) < 4.78 is 46.1. The molecule has 3 unspecified atom stereocenters. The second-order valence-corrected chi connectivity index (χ2v) is 14.7. The van der Waals surface area contributed by atoms with Crippen molar-refractivity contribution in [3.05, 3.63) is 83.2 Å². The summed E-state index contributed by atoms with van der Waals surface area (Å²) in [6.07, 6.45) is 0.721. The summed E-state index contributed by atoms with van der Waals surface area (Å²) in [4.78, 5) is 18.0. The van der Waals surface area contributed by atoms with Gasteiger partial charge in [0.25, 0.3) is 0 Å². The number of ether oxygens (including phenoxy) is 1. The molecule has 3 aromatic carbocycles. The van der Waals surface area contributed by atoms with Crippen molar-refractivity contribution in [2.45, 2.75) is 43.5 Å². The topological polar surface area (TPSA) is 105 Å². The molecule has 218 valence electrons.